The second kappa shape index (κ2) is 11.2. The van der Waals surface area contributed by atoms with Gasteiger partial charge in [0.15, 0.2) is 5.78 Å². The fraction of sp³-hybridized carbons (Fsp3) is 0.0588. The van der Waals surface area contributed by atoms with E-state index in [0.717, 1.165) is 11.9 Å². The van der Waals surface area contributed by atoms with Crippen molar-refractivity contribution in [1.82, 2.24) is 0 Å². The number of allylic oxidation sites excluding steroid dienone is 1. The number of halogens is 2. The van der Waals surface area contributed by atoms with E-state index in [9.17, 15) is 14.9 Å². The minimum atomic E-state index is -0.554. The molecular weight excluding hydrogens is 436 g/mol. The Morgan fingerprint density at radius 3 is 2.59 bits per heavy atom. The van der Waals surface area contributed by atoms with E-state index in [1.165, 1.54) is 36.6 Å². The summed E-state index contributed by atoms with van der Waals surface area (Å²) in [6.45, 7) is 1.37. The average molecular weight is 448 g/mol. The molecule has 0 bridgehead atoms. The molecule has 2 rings (SSSR count). The number of nitrogens with one attached hydrogen (secondary N) is 1. The zero-order valence-electron chi connectivity index (χ0n) is 15.3. The van der Waals surface area contributed by atoms with Crippen molar-refractivity contribution in [3.63, 3.8) is 0 Å². The number of benzene rings is 2. The number of anilines is 1. The molecule has 0 amide bonds. The van der Waals surface area contributed by atoms with E-state index in [1.807, 2.05) is 6.07 Å². The van der Waals surface area contributed by atoms with E-state index in [2.05, 4.69) is 4.72 Å². The number of nitro groups is 1. The number of carbonyl (C=O) groups excluding carboxylic acids is 1. The van der Waals surface area contributed by atoms with Crippen LogP contribution in [0.5, 0.6) is 0 Å². The maximum Gasteiger partial charge on any atom is 1.00 e. The zero-order chi connectivity index (χ0) is 19.3. The Balaban J connectivity index is 0.00000364. The zero-order valence-corrected chi connectivity index (χ0v) is 19.8. The number of para-hydroxylation sites is 1. The second-order valence-corrected chi connectivity index (χ2v) is 6.50. The monoisotopic (exact) mass is 447 g/mol. The molecule has 0 radical (unpaired) electrons. The molecule has 0 fully saturated rings. The molecule has 2 aromatic rings. The Kier molecular flexibility index (Phi) is 10.0. The molecule has 2 aromatic carbocycles. The maximum absolute atomic E-state index is 12.0. The predicted molar refractivity (Wildman–Crippen MR) is 105 cm³/mol. The van der Waals surface area contributed by atoms with Crippen LogP contribution in [0.4, 0.5) is 11.4 Å². The summed E-state index contributed by atoms with van der Waals surface area (Å²) in [6, 6.07) is 10.9. The maximum atomic E-state index is 12.0. The first-order chi connectivity index (χ1) is 12.3. The molecule has 0 aromatic heterocycles. The topological polar surface area (TPSA) is 96.0 Å². The Bertz CT molecular complexity index is 967. The van der Waals surface area contributed by atoms with Crippen molar-refractivity contribution >= 4 is 57.9 Å². The van der Waals surface area contributed by atoms with Crippen LogP contribution in [-0.2, 0) is 4.79 Å². The third-order valence-corrected chi connectivity index (χ3v) is 4.60. The quantitative estimate of drug-likeness (QED) is 0.240. The summed E-state index contributed by atoms with van der Waals surface area (Å²) >= 11 is 13.1. The van der Waals surface area contributed by atoms with Gasteiger partial charge in [-0.2, -0.15) is 5.26 Å². The van der Waals surface area contributed by atoms with Crippen molar-refractivity contribution in [2.24, 2.45) is 0 Å². The van der Waals surface area contributed by atoms with Crippen molar-refractivity contribution in [3.05, 3.63) is 73.1 Å². The van der Waals surface area contributed by atoms with Gasteiger partial charge in [0.2, 0.25) is 0 Å². The summed E-state index contributed by atoms with van der Waals surface area (Å²) in [4.78, 5) is 22.5. The number of hydrogen-bond acceptors (Lipinski definition) is 6. The molecule has 1 N–H and O–H groups in total. The summed E-state index contributed by atoms with van der Waals surface area (Å²) in [5, 5.41) is 21.9. The van der Waals surface area contributed by atoms with Crippen molar-refractivity contribution in [2.45, 2.75) is 6.92 Å². The van der Waals surface area contributed by atoms with E-state index in [-0.39, 0.29) is 80.0 Å². The molecule has 0 saturated heterocycles. The first kappa shape index (κ1) is 24.1. The van der Waals surface area contributed by atoms with E-state index >= 15 is 0 Å². The van der Waals surface area contributed by atoms with Gasteiger partial charge in [0.25, 0.3) is 5.69 Å². The Morgan fingerprint density at radius 1 is 1.33 bits per heavy atom. The summed E-state index contributed by atoms with van der Waals surface area (Å²) in [5.74, 6) is -0.250. The van der Waals surface area contributed by atoms with Crippen LogP contribution in [0.25, 0.3) is 5.57 Å². The van der Waals surface area contributed by atoms with Gasteiger partial charge in [-0.3, -0.25) is 14.9 Å². The second-order valence-electron chi connectivity index (χ2n) is 5.01. The molecule has 0 aliphatic carbocycles. The van der Waals surface area contributed by atoms with Crippen LogP contribution in [0.3, 0.4) is 0 Å². The smallest absolute Gasteiger partial charge is 1.00 e. The summed E-state index contributed by atoms with van der Waals surface area (Å²) in [5.41, 5.74) is 1.08. The van der Waals surface area contributed by atoms with Crippen molar-refractivity contribution in [1.29, 1.82) is 5.26 Å². The molecule has 0 aliphatic rings. The van der Waals surface area contributed by atoms with Gasteiger partial charge in [-0.1, -0.05) is 35.3 Å². The van der Waals surface area contributed by atoms with Gasteiger partial charge < -0.3 is 6.15 Å². The molecule has 0 aliphatic heterocycles. The van der Waals surface area contributed by atoms with Crippen LogP contribution in [0.1, 0.15) is 19.5 Å². The standard InChI is InChI=1S/C17H11Cl2N3O3S.K.H/c1-10(23)13(12-6-5-11(8-20)7-15(12)19)9-26-21-17-14(18)3-2-4-16(17)22(24)25;;/h2-7,9,21H,1H3;;/q;+1;-1. The van der Waals surface area contributed by atoms with E-state index in [0.29, 0.717) is 16.7 Å². The van der Waals surface area contributed by atoms with Gasteiger partial charge in [-0.05, 0) is 37.1 Å². The van der Waals surface area contributed by atoms with Gasteiger partial charge in [-0.25, -0.2) is 0 Å². The van der Waals surface area contributed by atoms with E-state index in [4.69, 9.17) is 28.5 Å². The molecule has 27 heavy (non-hydrogen) atoms. The summed E-state index contributed by atoms with van der Waals surface area (Å²) in [6.07, 6.45) is 0. The van der Waals surface area contributed by atoms with E-state index < -0.39 is 4.92 Å². The molecular formula is C17H12Cl2KN3O3S. The average Bonchev–Trinajstić information content (AvgIpc) is 2.59. The molecule has 0 saturated carbocycles. The molecule has 10 heteroatoms. The number of ketones is 1. The summed E-state index contributed by atoms with van der Waals surface area (Å²) < 4.78 is 2.78. The van der Waals surface area contributed by atoms with E-state index in [1.54, 1.807) is 12.1 Å². The minimum Gasteiger partial charge on any atom is -1.00 e. The SMILES string of the molecule is CC(=O)C(=CSNc1c(Cl)cccc1[N+](=O)[O-])c1ccc(C#N)cc1Cl.[H-].[K+]. The molecule has 0 unspecified atom stereocenters. The predicted octanol–water partition coefficient (Wildman–Crippen LogP) is 2.58. The molecule has 0 spiro atoms. The van der Waals surface area contributed by atoms with Crippen LogP contribution in [0, 0.1) is 21.4 Å². The van der Waals surface area contributed by atoms with Crippen LogP contribution >= 0.6 is 35.1 Å². The molecule has 0 heterocycles. The third-order valence-electron chi connectivity index (χ3n) is 3.29. The Morgan fingerprint density at radius 2 is 2.04 bits per heavy atom. The van der Waals surface area contributed by atoms with Crippen LogP contribution in [0.2, 0.25) is 10.0 Å². The fourth-order valence-corrected chi connectivity index (χ4v) is 3.41. The van der Waals surface area contributed by atoms with Crippen LogP contribution in [0.15, 0.2) is 41.8 Å². The Labute approximate surface area is 214 Å². The third kappa shape index (κ3) is 6.31. The number of carbonyl (C=O) groups is 1. The number of nitrogens with zero attached hydrogens (tertiary/aromatic N) is 2. The fourth-order valence-electron chi connectivity index (χ4n) is 2.05. The van der Waals surface area contributed by atoms with Crippen molar-refractivity contribution < 1.29 is 62.5 Å². The van der Waals surface area contributed by atoms with Gasteiger partial charge in [0.1, 0.15) is 5.69 Å². The molecule has 134 valence electrons. The van der Waals surface area contributed by atoms with Crippen LogP contribution < -0.4 is 56.1 Å². The van der Waals surface area contributed by atoms with Crippen molar-refractivity contribution in [3.8, 4) is 6.07 Å². The van der Waals surface area contributed by atoms with Crippen molar-refractivity contribution in [2.75, 3.05) is 4.72 Å². The van der Waals surface area contributed by atoms with Gasteiger partial charge >= 0.3 is 51.4 Å². The number of Topliss-reactive ketones (excluding diaryl/α,β-unsaturated/α-hetero) is 1. The molecule has 0 atom stereocenters. The number of nitro benzene ring substituents is 1. The normalized spacial score (nSPS) is 10.5. The van der Waals surface area contributed by atoms with Crippen LogP contribution in [-0.4, -0.2) is 10.7 Å². The number of nitriles is 1. The largest absolute Gasteiger partial charge is 1.00 e. The summed E-state index contributed by atoms with van der Waals surface area (Å²) in [7, 11) is 0. The molecule has 6 nitrogen and oxygen atoms in total. The number of rotatable bonds is 6. The first-order valence-electron chi connectivity index (χ1n) is 7.11. The van der Waals surface area contributed by atoms with Gasteiger partial charge in [-0.15, -0.1) is 0 Å². The Hall–Kier alpha value is -0.894. The number of hydrogen-bond donors (Lipinski definition) is 1. The minimum absolute atomic E-state index is 0. The first-order valence-corrected chi connectivity index (χ1v) is 8.74. The van der Waals surface area contributed by atoms with Gasteiger partial charge in [0, 0.05) is 27.6 Å². The van der Waals surface area contributed by atoms with Gasteiger partial charge in [0.05, 0.1) is 21.6 Å².